The molecule has 0 bridgehead atoms. The molecule has 8 heteroatoms. The van der Waals surface area contributed by atoms with Crippen LogP contribution in [0.5, 0.6) is 5.75 Å². The fourth-order valence-corrected chi connectivity index (χ4v) is 1.42. The fourth-order valence-electron chi connectivity index (χ4n) is 1.42. The number of hydrogen-bond donors (Lipinski definition) is 4. The first-order valence-electron chi connectivity index (χ1n) is 5.76. The van der Waals surface area contributed by atoms with Gasteiger partial charge in [0.1, 0.15) is 5.75 Å². The standard InChI is InChI=1S/C12H15F3N2O3/c13-12(14,15)10(19)6-17-11(20)9(16)5-7-1-3-8(18)4-2-7/h1-4,9-10,18-19H,5-6,16H2,(H,17,20). The van der Waals surface area contributed by atoms with Crippen LogP contribution < -0.4 is 11.1 Å². The minimum atomic E-state index is -4.78. The molecule has 0 spiro atoms. The molecule has 1 amide bonds. The topological polar surface area (TPSA) is 95.6 Å². The molecule has 0 aromatic heterocycles. The molecular formula is C12H15F3N2O3. The molecule has 5 nitrogen and oxygen atoms in total. The van der Waals surface area contributed by atoms with Crippen LogP contribution in [0.2, 0.25) is 0 Å². The second kappa shape index (κ2) is 6.58. The van der Waals surface area contributed by atoms with Gasteiger partial charge in [-0.05, 0) is 24.1 Å². The highest BCUT2D eigenvalue weighted by atomic mass is 19.4. The molecule has 2 atom stereocenters. The van der Waals surface area contributed by atoms with Crippen LogP contribution in [0.3, 0.4) is 0 Å². The average molecular weight is 292 g/mol. The van der Waals surface area contributed by atoms with Gasteiger partial charge < -0.3 is 21.3 Å². The zero-order valence-corrected chi connectivity index (χ0v) is 10.4. The minimum Gasteiger partial charge on any atom is -0.508 e. The number of hydrogen-bond acceptors (Lipinski definition) is 4. The van der Waals surface area contributed by atoms with E-state index in [2.05, 4.69) is 0 Å². The number of amides is 1. The van der Waals surface area contributed by atoms with E-state index in [1.54, 1.807) is 12.1 Å². The van der Waals surface area contributed by atoms with Crippen LogP contribution in [0, 0.1) is 0 Å². The normalized spacial score (nSPS) is 14.7. The summed E-state index contributed by atoms with van der Waals surface area (Å²) in [7, 11) is 0. The molecule has 2 unspecified atom stereocenters. The van der Waals surface area contributed by atoms with Gasteiger partial charge in [-0.15, -0.1) is 0 Å². The maximum atomic E-state index is 12.0. The number of carbonyl (C=O) groups excluding carboxylic acids is 1. The molecule has 20 heavy (non-hydrogen) atoms. The van der Waals surface area contributed by atoms with E-state index in [1.807, 2.05) is 5.32 Å². The molecule has 1 rings (SSSR count). The number of benzene rings is 1. The van der Waals surface area contributed by atoms with Crippen LogP contribution in [0.25, 0.3) is 0 Å². The minimum absolute atomic E-state index is 0.0556. The van der Waals surface area contributed by atoms with Crippen LogP contribution in [0.4, 0.5) is 13.2 Å². The Balaban J connectivity index is 2.45. The summed E-state index contributed by atoms with van der Waals surface area (Å²) >= 11 is 0. The molecule has 0 saturated carbocycles. The summed E-state index contributed by atoms with van der Waals surface area (Å²) in [5.41, 5.74) is 6.20. The van der Waals surface area contributed by atoms with Crippen molar-refractivity contribution >= 4 is 5.91 Å². The number of phenolic OH excluding ortho intramolecular Hbond substituents is 1. The van der Waals surface area contributed by atoms with Crippen molar-refractivity contribution in [3.63, 3.8) is 0 Å². The van der Waals surface area contributed by atoms with E-state index >= 15 is 0 Å². The van der Waals surface area contributed by atoms with Crippen LogP contribution in [0.15, 0.2) is 24.3 Å². The highest BCUT2D eigenvalue weighted by Crippen LogP contribution is 2.19. The number of rotatable bonds is 5. The van der Waals surface area contributed by atoms with E-state index in [0.29, 0.717) is 5.56 Å². The van der Waals surface area contributed by atoms with Crippen molar-refractivity contribution in [1.29, 1.82) is 0 Å². The van der Waals surface area contributed by atoms with E-state index in [-0.39, 0.29) is 12.2 Å². The van der Waals surface area contributed by atoms with Crippen LogP contribution in [-0.4, -0.2) is 41.0 Å². The molecule has 0 heterocycles. The number of aliphatic hydroxyl groups is 1. The van der Waals surface area contributed by atoms with Gasteiger partial charge in [0.25, 0.3) is 0 Å². The smallest absolute Gasteiger partial charge is 0.416 e. The third-order valence-corrected chi connectivity index (χ3v) is 2.58. The molecule has 1 aromatic carbocycles. The first-order valence-corrected chi connectivity index (χ1v) is 5.76. The number of aliphatic hydroxyl groups excluding tert-OH is 1. The predicted molar refractivity (Wildman–Crippen MR) is 64.9 cm³/mol. The highest BCUT2D eigenvalue weighted by Gasteiger charge is 2.38. The molecule has 0 aliphatic carbocycles. The van der Waals surface area contributed by atoms with Crippen molar-refractivity contribution in [2.45, 2.75) is 24.7 Å². The molecule has 0 fully saturated rings. The Labute approximate surface area is 113 Å². The van der Waals surface area contributed by atoms with Crippen molar-refractivity contribution in [2.75, 3.05) is 6.54 Å². The number of carbonyl (C=O) groups is 1. The monoisotopic (exact) mass is 292 g/mol. The zero-order chi connectivity index (χ0) is 15.3. The molecule has 1 aromatic rings. The average Bonchev–Trinajstić information content (AvgIpc) is 2.36. The SMILES string of the molecule is NC(Cc1ccc(O)cc1)C(=O)NCC(O)C(F)(F)F. The summed E-state index contributed by atoms with van der Waals surface area (Å²) in [6, 6.07) is 4.88. The second-order valence-corrected chi connectivity index (χ2v) is 4.28. The Morgan fingerprint density at radius 3 is 2.35 bits per heavy atom. The molecule has 0 aliphatic heterocycles. The molecular weight excluding hydrogens is 277 g/mol. The van der Waals surface area contributed by atoms with Crippen molar-refractivity contribution in [1.82, 2.24) is 5.32 Å². The number of aromatic hydroxyl groups is 1. The Morgan fingerprint density at radius 2 is 1.85 bits per heavy atom. The first kappa shape index (κ1) is 16.3. The number of alkyl halides is 3. The van der Waals surface area contributed by atoms with Gasteiger partial charge in [0.05, 0.1) is 12.6 Å². The lowest BCUT2D eigenvalue weighted by Crippen LogP contribution is -2.47. The largest absolute Gasteiger partial charge is 0.508 e. The van der Waals surface area contributed by atoms with E-state index in [0.717, 1.165) is 0 Å². The Hall–Kier alpha value is -1.80. The fraction of sp³-hybridized carbons (Fsp3) is 0.417. The third-order valence-electron chi connectivity index (χ3n) is 2.58. The lowest BCUT2D eigenvalue weighted by atomic mass is 10.1. The summed E-state index contributed by atoms with van der Waals surface area (Å²) in [6.07, 6.45) is -7.30. The number of nitrogens with one attached hydrogen (secondary N) is 1. The highest BCUT2D eigenvalue weighted by molar-refractivity contribution is 5.81. The van der Waals surface area contributed by atoms with Gasteiger partial charge in [-0.3, -0.25) is 4.79 Å². The zero-order valence-electron chi connectivity index (χ0n) is 10.4. The lowest BCUT2D eigenvalue weighted by Gasteiger charge is -2.17. The number of phenols is 1. The Bertz CT molecular complexity index is 448. The van der Waals surface area contributed by atoms with Gasteiger partial charge in [0.2, 0.25) is 5.91 Å². The van der Waals surface area contributed by atoms with E-state index in [4.69, 9.17) is 15.9 Å². The van der Waals surface area contributed by atoms with Crippen molar-refractivity contribution in [2.24, 2.45) is 5.73 Å². The Kier molecular flexibility index (Phi) is 5.34. The predicted octanol–water partition coefficient (Wildman–Crippen LogP) is 0.301. The van der Waals surface area contributed by atoms with E-state index < -0.39 is 30.8 Å². The second-order valence-electron chi connectivity index (χ2n) is 4.28. The first-order chi connectivity index (χ1) is 9.20. The van der Waals surface area contributed by atoms with E-state index in [9.17, 15) is 18.0 Å². The van der Waals surface area contributed by atoms with Crippen LogP contribution >= 0.6 is 0 Å². The summed E-state index contributed by atoms with van der Waals surface area (Å²) in [4.78, 5) is 11.5. The van der Waals surface area contributed by atoms with Gasteiger partial charge in [0, 0.05) is 0 Å². The van der Waals surface area contributed by atoms with Crippen LogP contribution in [0.1, 0.15) is 5.56 Å². The number of halogens is 3. The quantitative estimate of drug-likeness (QED) is 0.628. The number of nitrogens with two attached hydrogens (primary N) is 1. The van der Waals surface area contributed by atoms with E-state index in [1.165, 1.54) is 12.1 Å². The molecule has 5 N–H and O–H groups in total. The summed E-state index contributed by atoms with van der Waals surface area (Å²) in [6.45, 7) is -0.939. The van der Waals surface area contributed by atoms with Gasteiger partial charge >= 0.3 is 6.18 Å². The molecule has 112 valence electrons. The Morgan fingerprint density at radius 1 is 1.30 bits per heavy atom. The van der Waals surface area contributed by atoms with Crippen molar-refractivity contribution in [3.8, 4) is 5.75 Å². The van der Waals surface area contributed by atoms with Gasteiger partial charge in [-0.2, -0.15) is 13.2 Å². The van der Waals surface area contributed by atoms with Gasteiger partial charge in [0.15, 0.2) is 6.10 Å². The lowest BCUT2D eigenvalue weighted by molar-refractivity contribution is -0.201. The molecule has 0 aliphatic rings. The maximum Gasteiger partial charge on any atom is 0.416 e. The van der Waals surface area contributed by atoms with Crippen molar-refractivity contribution < 1.29 is 28.2 Å². The molecule has 0 radical (unpaired) electrons. The summed E-state index contributed by atoms with van der Waals surface area (Å²) < 4.78 is 36.1. The summed E-state index contributed by atoms with van der Waals surface area (Å²) in [5, 5.41) is 19.7. The van der Waals surface area contributed by atoms with Gasteiger partial charge in [-0.1, -0.05) is 12.1 Å². The van der Waals surface area contributed by atoms with Crippen LogP contribution in [-0.2, 0) is 11.2 Å². The molecule has 0 saturated heterocycles. The maximum absolute atomic E-state index is 12.0. The van der Waals surface area contributed by atoms with Crippen molar-refractivity contribution in [3.05, 3.63) is 29.8 Å². The summed E-state index contributed by atoms with van der Waals surface area (Å²) in [5.74, 6) is -0.735. The third kappa shape index (κ3) is 5.06. The van der Waals surface area contributed by atoms with Gasteiger partial charge in [-0.25, -0.2) is 0 Å².